The van der Waals surface area contributed by atoms with Gasteiger partial charge >= 0.3 is 0 Å². The third-order valence-electron chi connectivity index (χ3n) is 2.98. The highest BCUT2D eigenvalue weighted by Gasteiger charge is 2.06. The van der Waals surface area contributed by atoms with Gasteiger partial charge in [0.25, 0.3) is 0 Å². The van der Waals surface area contributed by atoms with E-state index in [2.05, 4.69) is 17.1 Å². The van der Waals surface area contributed by atoms with Gasteiger partial charge in [0.05, 0.1) is 5.52 Å². The molecule has 3 aromatic rings. The Morgan fingerprint density at radius 3 is 2.50 bits per heavy atom. The standard InChI is InChI=1S/C16H12FN/c1-11-9-15(12-5-3-2-4-6-12)14-8-7-13(17)10-16(14)18-11/h2-10H,1H3. The van der Waals surface area contributed by atoms with Crippen LogP contribution in [-0.4, -0.2) is 4.98 Å². The SMILES string of the molecule is Cc1cc(-c2ccccc2)c2ccc(F)cc2n1. The summed E-state index contributed by atoms with van der Waals surface area (Å²) >= 11 is 0. The number of nitrogens with zero attached hydrogens (tertiary/aromatic N) is 1. The summed E-state index contributed by atoms with van der Waals surface area (Å²) < 4.78 is 13.3. The minimum atomic E-state index is -0.250. The number of benzene rings is 2. The van der Waals surface area contributed by atoms with Gasteiger partial charge < -0.3 is 0 Å². The molecule has 1 nitrogen and oxygen atoms in total. The molecule has 0 saturated heterocycles. The highest BCUT2D eigenvalue weighted by Crippen LogP contribution is 2.28. The van der Waals surface area contributed by atoms with Gasteiger partial charge in [-0.3, -0.25) is 4.98 Å². The van der Waals surface area contributed by atoms with E-state index in [9.17, 15) is 4.39 Å². The maximum absolute atomic E-state index is 13.3. The molecule has 0 saturated carbocycles. The average Bonchev–Trinajstić information content (AvgIpc) is 2.38. The number of hydrogen-bond donors (Lipinski definition) is 0. The first-order valence-electron chi connectivity index (χ1n) is 5.86. The van der Waals surface area contributed by atoms with E-state index in [-0.39, 0.29) is 5.82 Å². The van der Waals surface area contributed by atoms with Gasteiger partial charge in [-0.05, 0) is 36.2 Å². The highest BCUT2D eigenvalue weighted by molar-refractivity contribution is 5.94. The van der Waals surface area contributed by atoms with Crippen LogP contribution in [0.3, 0.4) is 0 Å². The van der Waals surface area contributed by atoms with Gasteiger partial charge in [0.15, 0.2) is 0 Å². The van der Waals surface area contributed by atoms with Gasteiger partial charge in [-0.25, -0.2) is 4.39 Å². The lowest BCUT2D eigenvalue weighted by Gasteiger charge is -2.08. The molecule has 0 radical (unpaired) electrons. The van der Waals surface area contributed by atoms with Gasteiger partial charge in [0.2, 0.25) is 0 Å². The molecule has 0 bridgehead atoms. The first-order valence-corrected chi connectivity index (χ1v) is 5.86. The molecule has 18 heavy (non-hydrogen) atoms. The van der Waals surface area contributed by atoms with Crippen molar-refractivity contribution in [2.75, 3.05) is 0 Å². The van der Waals surface area contributed by atoms with Crippen molar-refractivity contribution in [3.63, 3.8) is 0 Å². The monoisotopic (exact) mass is 237 g/mol. The lowest BCUT2D eigenvalue weighted by molar-refractivity contribution is 0.629. The number of fused-ring (bicyclic) bond motifs is 1. The second kappa shape index (κ2) is 4.22. The zero-order valence-corrected chi connectivity index (χ0v) is 10.0. The van der Waals surface area contributed by atoms with Crippen molar-refractivity contribution in [3.8, 4) is 11.1 Å². The summed E-state index contributed by atoms with van der Waals surface area (Å²) in [6.45, 7) is 1.93. The quantitative estimate of drug-likeness (QED) is 0.613. The fourth-order valence-electron chi connectivity index (χ4n) is 2.19. The Labute approximate surface area is 105 Å². The van der Waals surface area contributed by atoms with Gasteiger partial charge in [-0.15, -0.1) is 0 Å². The van der Waals surface area contributed by atoms with Crippen LogP contribution in [0.1, 0.15) is 5.69 Å². The maximum Gasteiger partial charge on any atom is 0.125 e. The molecule has 2 heteroatoms. The molecule has 1 heterocycles. The smallest absolute Gasteiger partial charge is 0.125 e. The van der Waals surface area contributed by atoms with Crippen molar-refractivity contribution in [1.82, 2.24) is 4.98 Å². The molecule has 0 atom stereocenters. The van der Waals surface area contributed by atoms with Gasteiger partial charge in [0.1, 0.15) is 5.82 Å². The number of aryl methyl sites for hydroxylation is 1. The molecule has 88 valence electrons. The Bertz CT molecular complexity index is 700. The second-order valence-corrected chi connectivity index (χ2v) is 4.34. The van der Waals surface area contributed by atoms with E-state index in [0.717, 1.165) is 22.2 Å². The van der Waals surface area contributed by atoms with Crippen LogP contribution in [0, 0.1) is 12.7 Å². The number of halogens is 1. The molecular formula is C16H12FN. The van der Waals surface area contributed by atoms with Crippen LogP contribution in [0.4, 0.5) is 4.39 Å². The number of aromatic nitrogens is 1. The van der Waals surface area contributed by atoms with E-state index in [1.807, 2.05) is 31.2 Å². The first kappa shape index (κ1) is 10.9. The van der Waals surface area contributed by atoms with E-state index in [1.165, 1.54) is 12.1 Å². The number of rotatable bonds is 1. The largest absolute Gasteiger partial charge is 0.253 e. The third-order valence-corrected chi connectivity index (χ3v) is 2.98. The van der Waals surface area contributed by atoms with Gasteiger partial charge in [0, 0.05) is 17.1 Å². The summed E-state index contributed by atoms with van der Waals surface area (Å²) in [5.41, 5.74) is 3.82. The van der Waals surface area contributed by atoms with Crippen LogP contribution in [0.2, 0.25) is 0 Å². The Balaban J connectivity index is 2.35. The molecule has 0 spiro atoms. The molecule has 0 amide bonds. The molecule has 0 aliphatic heterocycles. The van der Waals surface area contributed by atoms with E-state index in [0.29, 0.717) is 5.52 Å². The fourth-order valence-corrected chi connectivity index (χ4v) is 2.19. The minimum absolute atomic E-state index is 0.250. The van der Waals surface area contributed by atoms with Crippen molar-refractivity contribution in [2.45, 2.75) is 6.92 Å². The summed E-state index contributed by atoms with van der Waals surface area (Å²) in [4.78, 5) is 4.38. The van der Waals surface area contributed by atoms with Crippen LogP contribution in [0.15, 0.2) is 54.6 Å². The second-order valence-electron chi connectivity index (χ2n) is 4.34. The summed E-state index contributed by atoms with van der Waals surface area (Å²) in [5, 5.41) is 0.980. The van der Waals surface area contributed by atoms with Crippen molar-refractivity contribution in [3.05, 3.63) is 66.1 Å². The predicted molar refractivity (Wildman–Crippen MR) is 71.9 cm³/mol. The zero-order chi connectivity index (χ0) is 12.5. The van der Waals surface area contributed by atoms with Crippen molar-refractivity contribution in [1.29, 1.82) is 0 Å². The molecule has 0 fully saturated rings. The third kappa shape index (κ3) is 1.86. The van der Waals surface area contributed by atoms with Crippen LogP contribution in [0.25, 0.3) is 22.0 Å². The molecular weight excluding hydrogens is 225 g/mol. The lowest BCUT2D eigenvalue weighted by Crippen LogP contribution is -1.89. The molecule has 2 aromatic carbocycles. The summed E-state index contributed by atoms with van der Waals surface area (Å²) in [7, 11) is 0. The summed E-state index contributed by atoms with van der Waals surface area (Å²) in [5.74, 6) is -0.250. The molecule has 0 unspecified atom stereocenters. The zero-order valence-electron chi connectivity index (χ0n) is 10.0. The lowest BCUT2D eigenvalue weighted by atomic mass is 10.0. The molecule has 0 N–H and O–H groups in total. The van der Waals surface area contributed by atoms with Crippen LogP contribution < -0.4 is 0 Å². The molecule has 3 rings (SSSR count). The molecule has 1 aromatic heterocycles. The van der Waals surface area contributed by atoms with Crippen molar-refractivity contribution < 1.29 is 4.39 Å². The van der Waals surface area contributed by atoms with E-state index < -0.39 is 0 Å². The van der Waals surface area contributed by atoms with Gasteiger partial charge in [-0.1, -0.05) is 30.3 Å². The van der Waals surface area contributed by atoms with Crippen LogP contribution in [-0.2, 0) is 0 Å². The maximum atomic E-state index is 13.3. The average molecular weight is 237 g/mol. The van der Waals surface area contributed by atoms with E-state index >= 15 is 0 Å². The molecule has 0 aliphatic rings. The van der Waals surface area contributed by atoms with Crippen molar-refractivity contribution in [2.24, 2.45) is 0 Å². The summed E-state index contributed by atoms with van der Waals surface area (Å²) in [6, 6.07) is 16.9. The Morgan fingerprint density at radius 2 is 1.72 bits per heavy atom. The predicted octanol–water partition coefficient (Wildman–Crippen LogP) is 4.35. The Morgan fingerprint density at radius 1 is 0.944 bits per heavy atom. The highest BCUT2D eigenvalue weighted by atomic mass is 19.1. The first-order chi connectivity index (χ1) is 8.74. The Kier molecular flexibility index (Phi) is 2.56. The van der Waals surface area contributed by atoms with Gasteiger partial charge in [-0.2, -0.15) is 0 Å². The Hall–Kier alpha value is -2.22. The van der Waals surface area contributed by atoms with E-state index in [1.54, 1.807) is 6.07 Å². The minimum Gasteiger partial charge on any atom is -0.253 e. The number of hydrogen-bond acceptors (Lipinski definition) is 1. The van der Waals surface area contributed by atoms with Crippen LogP contribution >= 0.6 is 0 Å². The topological polar surface area (TPSA) is 12.9 Å². The van der Waals surface area contributed by atoms with Crippen LogP contribution in [0.5, 0.6) is 0 Å². The fraction of sp³-hybridized carbons (Fsp3) is 0.0625. The summed E-state index contributed by atoms with van der Waals surface area (Å²) in [6.07, 6.45) is 0. The molecule has 0 aliphatic carbocycles. The van der Waals surface area contributed by atoms with Crippen molar-refractivity contribution >= 4 is 10.9 Å². The number of pyridine rings is 1. The van der Waals surface area contributed by atoms with E-state index in [4.69, 9.17) is 0 Å². The normalized spacial score (nSPS) is 10.8.